The van der Waals surface area contributed by atoms with Crippen LogP contribution in [0.1, 0.15) is 46.8 Å². The second-order valence-electron chi connectivity index (χ2n) is 12.5. The fraction of sp³-hybridized carbons (Fsp3) is 0.667. The summed E-state index contributed by atoms with van der Waals surface area (Å²) in [6, 6.07) is 0. The Bertz CT molecular complexity index is 1780. The predicted molar refractivity (Wildman–Crippen MR) is 191 cm³/mol. The predicted octanol–water partition coefficient (Wildman–Crippen LogP) is 0.494. The Morgan fingerprint density at radius 3 is 2.46 bits per heavy atom. The Labute approximate surface area is 313 Å². The normalized spacial score (nSPS) is 22.4. The highest BCUT2D eigenvalue weighted by molar-refractivity contribution is 7.99. The fourth-order valence-corrected chi connectivity index (χ4v) is 8.28. The molecule has 3 unspecified atom stereocenters. The molecule has 0 saturated carbocycles. The second-order valence-corrected chi connectivity index (χ2v) is 17.9. The first-order chi connectivity index (χ1) is 25.1. The van der Waals surface area contributed by atoms with E-state index in [-0.39, 0.29) is 35.9 Å². The lowest BCUT2D eigenvalue weighted by molar-refractivity contribution is -0.137. The first kappa shape index (κ1) is 46.0. The summed E-state index contributed by atoms with van der Waals surface area (Å²) < 4.78 is 62.1. The molecule has 7 atom stereocenters. The zero-order chi connectivity index (χ0) is 40.5. The van der Waals surface area contributed by atoms with Crippen LogP contribution in [-0.2, 0) is 45.9 Å². The number of aliphatic hydroxyl groups excluding tert-OH is 2. The molecule has 0 spiro atoms. The van der Waals surface area contributed by atoms with Crippen molar-refractivity contribution in [3.63, 3.8) is 0 Å². The average Bonchev–Trinajstić information content (AvgIpc) is 3.64. The summed E-state index contributed by atoms with van der Waals surface area (Å²) in [6.45, 7) is 4.99. The largest absolute Gasteiger partial charge is 0.481 e. The molecule has 2 aromatic heterocycles. The SMILES string of the molecule is CC/C(C)=C\CSCCNC(=O)CCNC(=O)C(O)C(C)(C)COP(=O)(O)OP(=O)(O)OC[C@H]1O[C@@H](n2cnc3c(N)ncnc32)[C@H](O)[C@@H]1OP(=O)(O)O. The number of carbonyl (C=O) groups excluding carboxylic acids is 2. The number of thioether (sulfide) groups is 1. The van der Waals surface area contributed by atoms with Crippen LogP contribution < -0.4 is 16.4 Å². The van der Waals surface area contributed by atoms with E-state index in [2.05, 4.69) is 47.4 Å². The molecule has 1 saturated heterocycles. The van der Waals surface area contributed by atoms with E-state index < -0.39 is 78.6 Å². The third-order valence-electron chi connectivity index (χ3n) is 7.75. The number of hydrogen-bond donors (Lipinski definition) is 9. The Morgan fingerprint density at radius 1 is 1.11 bits per heavy atom. The number of rotatable bonds is 22. The molecule has 23 nitrogen and oxygen atoms in total. The van der Waals surface area contributed by atoms with E-state index >= 15 is 0 Å². The fourth-order valence-electron chi connectivity index (χ4n) is 4.63. The van der Waals surface area contributed by atoms with Gasteiger partial charge in [-0.3, -0.25) is 27.7 Å². The number of aliphatic hydroxyl groups is 2. The van der Waals surface area contributed by atoms with Gasteiger partial charge in [0.15, 0.2) is 17.7 Å². The number of nitrogens with one attached hydrogen (secondary N) is 2. The number of nitrogens with two attached hydrogens (primary N) is 1. The quantitative estimate of drug-likeness (QED) is 0.0442. The molecule has 0 bridgehead atoms. The molecular formula is C27H46N7O16P3S. The number of phosphoric acid groups is 3. The molecule has 0 radical (unpaired) electrons. The highest BCUT2D eigenvalue weighted by Crippen LogP contribution is 2.61. The number of ether oxygens (including phenoxy) is 1. The van der Waals surface area contributed by atoms with Crippen LogP contribution >= 0.6 is 35.2 Å². The molecule has 1 aliphatic heterocycles. The van der Waals surface area contributed by atoms with Crippen LogP contribution in [0.5, 0.6) is 0 Å². The number of aromatic nitrogens is 4. The number of allylic oxidation sites excluding steroid dienone is 1. The maximum Gasteiger partial charge on any atom is 0.481 e. The number of imidazole rings is 1. The van der Waals surface area contributed by atoms with Gasteiger partial charge in [0.1, 0.15) is 36.3 Å². The van der Waals surface area contributed by atoms with E-state index in [9.17, 15) is 53.1 Å². The minimum absolute atomic E-state index is 0.0348. The van der Waals surface area contributed by atoms with Gasteiger partial charge in [-0.05, 0) is 13.3 Å². The lowest BCUT2D eigenvalue weighted by Gasteiger charge is -2.30. The minimum Gasteiger partial charge on any atom is -0.386 e. The lowest BCUT2D eigenvalue weighted by Crippen LogP contribution is -2.46. The van der Waals surface area contributed by atoms with Gasteiger partial charge in [0.05, 0.1) is 19.5 Å². The van der Waals surface area contributed by atoms with Crippen LogP contribution in [0.25, 0.3) is 11.2 Å². The minimum atomic E-state index is -5.55. The molecular weight excluding hydrogens is 803 g/mol. The average molecular weight is 850 g/mol. The molecule has 0 aromatic carbocycles. The van der Waals surface area contributed by atoms with Crippen LogP contribution in [0, 0.1) is 5.41 Å². The van der Waals surface area contributed by atoms with E-state index in [1.807, 2.05) is 6.92 Å². The van der Waals surface area contributed by atoms with Gasteiger partial charge in [-0.25, -0.2) is 28.6 Å². The van der Waals surface area contributed by atoms with Crippen LogP contribution in [0.3, 0.4) is 0 Å². The van der Waals surface area contributed by atoms with Gasteiger partial charge < -0.3 is 50.9 Å². The summed E-state index contributed by atoms with van der Waals surface area (Å²) in [7, 11) is -16.3. The summed E-state index contributed by atoms with van der Waals surface area (Å²) in [5.74, 6) is 0.234. The molecule has 306 valence electrons. The molecule has 10 N–H and O–H groups in total. The Morgan fingerprint density at radius 2 is 1.80 bits per heavy atom. The summed E-state index contributed by atoms with van der Waals surface area (Å²) in [6.07, 6.45) is -3.63. The molecule has 0 aliphatic carbocycles. The van der Waals surface area contributed by atoms with Crippen molar-refractivity contribution in [1.82, 2.24) is 30.2 Å². The molecule has 54 heavy (non-hydrogen) atoms. The molecule has 27 heteroatoms. The van der Waals surface area contributed by atoms with Crippen LogP contribution in [0.4, 0.5) is 5.82 Å². The number of phosphoric ester groups is 3. The van der Waals surface area contributed by atoms with E-state index in [0.717, 1.165) is 29.4 Å². The second kappa shape index (κ2) is 19.7. The summed E-state index contributed by atoms with van der Waals surface area (Å²) >= 11 is 1.65. The maximum absolute atomic E-state index is 12.7. The van der Waals surface area contributed by atoms with Crippen molar-refractivity contribution >= 4 is 64.0 Å². The maximum atomic E-state index is 12.7. The van der Waals surface area contributed by atoms with Crippen molar-refractivity contribution in [2.24, 2.45) is 5.41 Å². The van der Waals surface area contributed by atoms with E-state index in [1.54, 1.807) is 11.8 Å². The zero-order valence-corrected chi connectivity index (χ0v) is 33.2. The van der Waals surface area contributed by atoms with Gasteiger partial charge in [-0.15, -0.1) is 0 Å². The van der Waals surface area contributed by atoms with Gasteiger partial charge in [-0.1, -0.05) is 32.4 Å². The Balaban J connectivity index is 1.50. The number of nitrogen functional groups attached to an aromatic ring is 1. The molecule has 2 aromatic rings. The first-order valence-electron chi connectivity index (χ1n) is 16.2. The molecule has 3 heterocycles. The standard InChI is InChI=1S/C27H46N7O16P3S/c1-5-16(2)7-10-54-11-9-29-18(35)6-8-30-25(38)22(37)27(3,4)13-47-53(44,45)50-52(42,43)46-12-17-21(49-51(39,40)41)20(36)26(48-17)34-15-33-19-23(28)31-14-32-24(19)34/h7,14-15,17,20-22,26,36-37H,5-6,8-13H2,1-4H3,(H,29,35)(H,30,38)(H,42,43)(H,44,45)(H2,28,31,32)(H2,39,40,41)/b16-7-/t17-,20-,21-,22?,26-/m1/s1. The zero-order valence-electron chi connectivity index (χ0n) is 29.7. The van der Waals surface area contributed by atoms with Crippen molar-refractivity contribution in [1.29, 1.82) is 0 Å². The van der Waals surface area contributed by atoms with Gasteiger partial charge in [-0.2, -0.15) is 16.1 Å². The highest BCUT2D eigenvalue weighted by atomic mass is 32.2. The Hall–Kier alpha value is -2.37. The van der Waals surface area contributed by atoms with Crippen LogP contribution in [0.2, 0.25) is 0 Å². The van der Waals surface area contributed by atoms with Crippen molar-refractivity contribution in [2.75, 3.05) is 43.5 Å². The number of hydrogen-bond acceptors (Lipinski definition) is 17. The van der Waals surface area contributed by atoms with Crippen molar-refractivity contribution < 1.29 is 75.7 Å². The summed E-state index contributed by atoms with van der Waals surface area (Å²) in [4.78, 5) is 75.5. The summed E-state index contributed by atoms with van der Waals surface area (Å²) in [5.41, 5.74) is 5.60. The van der Waals surface area contributed by atoms with Gasteiger partial charge in [0, 0.05) is 36.4 Å². The Kier molecular flexibility index (Phi) is 16.8. The van der Waals surface area contributed by atoms with Crippen molar-refractivity contribution in [2.45, 2.75) is 71.2 Å². The number of amides is 2. The monoisotopic (exact) mass is 849 g/mol. The van der Waals surface area contributed by atoms with Crippen LogP contribution in [0.15, 0.2) is 24.3 Å². The third kappa shape index (κ3) is 14.0. The van der Waals surface area contributed by atoms with Gasteiger partial charge >= 0.3 is 23.5 Å². The first-order valence-corrected chi connectivity index (χ1v) is 21.9. The molecule has 3 rings (SSSR count). The number of nitrogens with zero attached hydrogens (tertiary/aromatic N) is 4. The summed E-state index contributed by atoms with van der Waals surface area (Å²) in [5, 5.41) is 26.5. The van der Waals surface area contributed by atoms with Crippen molar-refractivity contribution in [3.8, 4) is 0 Å². The van der Waals surface area contributed by atoms with E-state index in [1.165, 1.54) is 19.4 Å². The van der Waals surface area contributed by atoms with Gasteiger partial charge in [0.25, 0.3) is 0 Å². The number of anilines is 1. The molecule has 1 aliphatic rings. The topological polar surface area (TPSA) is 347 Å². The van der Waals surface area contributed by atoms with E-state index in [4.69, 9.17) is 19.5 Å². The smallest absolute Gasteiger partial charge is 0.386 e. The van der Waals surface area contributed by atoms with E-state index in [0.29, 0.717) is 12.3 Å². The third-order valence-corrected chi connectivity index (χ3v) is 11.7. The molecule has 1 fully saturated rings. The van der Waals surface area contributed by atoms with Gasteiger partial charge in [0.2, 0.25) is 11.8 Å². The number of fused-ring (bicyclic) bond motifs is 1. The van der Waals surface area contributed by atoms with Crippen LogP contribution in [-0.4, -0.2) is 123 Å². The molecule has 2 amide bonds. The van der Waals surface area contributed by atoms with Crippen molar-refractivity contribution in [3.05, 3.63) is 24.3 Å². The lowest BCUT2D eigenvalue weighted by atomic mass is 9.87. The highest BCUT2D eigenvalue weighted by Gasteiger charge is 2.50. The number of carbonyl (C=O) groups is 2.